The van der Waals surface area contributed by atoms with Crippen molar-refractivity contribution >= 4 is 29.8 Å². The van der Waals surface area contributed by atoms with Gasteiger partial charge >= 0.3 is 13.2 Å². The molecule has 4 rings (SSSR count). The Morgan fingerprint density at radius 1 is 1.36 bits per heavy atom. The maximum Gasteiger partial charge on any atom is 0.552 e. The maximum atomic E-state index is 12.0. The monoisotopic (exact) mass is 383 g/mol. The predicted molar refractivity (Wildman–Crippen MR) is 108 cm³/mol. The number of hydrogen-bond acceptors (Lipinski definition) is 5. The van der Waals surface area contributed by atoms with Crippen LogP contribution in [-0.4, -0.2) is 39.8 Å². The number of hydrogen-bond donors (Lipinski definition) is 3. The van der Waals surface area contributed by atoms with Gasteiger partial charge in [-0.2, -0.15) is 0 Å². The van der Waals surface area contributed by atoms with Crippen LogP contribution in [0.15, 0.2) is 24.4 Å². The van der Waals surface area contributed by atoms with Crippen molar-refractivity contribution in [3.8, 4) is 5.75 Å². The lowest BCUT2D eigenvalue weighted by Gasteiger charge is -2.33. The predicted octanol–water partition coefficient (Wildman–Crippen LogP) is 3.44. The zero-order valence-electron chi connectivity index (χ0n) is 16.5. The molecule has 0 atom stereocenters. The van der Waals surface area contributed by atoms with Crippen LogP contribution in [-0.2, 0) is 4.74 Å². The van der Waals surface area contributed by atoms with Crippen LogP contribution in [0.4, 0.5) is 4.79 Å². The van der Waals surface area contributed by atoms with Gasteiger partial charge < -0.3 is 24.7 Å². The fraction of sp³-hybridized carbons (Fsp3) is 0.500. The van der Waals surface area contributed by atoms with Gasteiger partial charge in [0, 0.05) is 23.2 Å². The number of carbonyl (C=O) groups is 1. The minimum absolute atomic E-state index is 0.112. The quantitative estimate of drug-likeness (QED) is 0.691. The number of carbonyl (C=O) groups excluding carboxylic acids is 1. The molecule has 7 nitrogen and oxygen atoms in total. The van der Waals surface area contributed by atoms with E-state index in [4.69, 9.17) is 9.39 Å². The average Bonchev–Trinajstić information content (AvgIpc) is 3.08. The van der Waals surface area contributed by atoms with Crippen molar-refractivity contribution in [2.45, 2.75) is 58.1 Å². The molecule has 3 heterocycles. The van der Waals surface area contributed by atoms with E-state index in [1.165, 1.54) is 0 Å². The Balaban J connectivity index is 1.48. The van der Waals surface area contributed by atoms with E-state index >= 15 is 0 Å². The van der Waals surface area contributed by atoms with E-state index in [0.29, 0.717) is 11.7 Å². The van der Waals surface area contributed by atoms with Crippen molar-refractivity contribution in [1.82, 2.24) is 15.3 Å². The molecular formula is C20H26BN3O4. The molecule has 8 heteroatoms. The van der Waals surface area contributed by atoms with Crippen LogP contribution in [0, 0.1) is 5.92 Å². The summed E-state index contributed by atoms with van der Waals surface area (Å²) >= 11 is 0. The summed E-state index contributed by atoms with van der Waals surface area (Å²) in [7, 11) is -0.960. The van der Waals surface area contributed by atoms with Gasteiger partial charge in [-0.15, -0.1) is 0 Å². The van der Waals surface area contributed by atoms with Gasteiger partial charge in [-0.1, -0.05) is 0 Å². The van der Waals surface area contributed by atoms with Crippen molar-refractivity contribution in [3.63, 3.8) is 0 Å². The second-order valence-corrected chi connectivity index (χ2v) is 8.56. The summed E-state index contributed by atoms with van der Waals surface area (Å²) in [5.74, 6) is 2.72. The van der Waals surface area contributed by atoms with E-state index in [2.05, 4.69) is 15.3 Å². The van der Waals surface area contributed by atoms with E-state index in [0.717, 1.165) is 47.9 Å². The highest BCUT2D eigenvalue weighted by atomic mass is 16.6. The fourth-order valence-electron chi connectivity index (χ4n) is 4.14. The topological polar surface area (TPSA) is 96.5 Å². The van der Waals surface area contributed by atoms with Crippen LogP contribution in [0.25, 0.3) is 16.6 Å². The number of nitrogens with zero attached hydrogens (tertiary/aromatic N) is 1. The summed E-state index contributed by atoms with van der Waals surface area (Å²) in [5.41, 5.74) is 2.44. The average molecular weight is 383 g/mol. The molecule has 1 saturated carbocycles. The van der Waals surface area contributed by atoms with Crippen LogP contribution >= 0.6 is 0 Å². The molecule has 2 aliphatic rings. The molecule has 0 saturated heterocycles. The molecule has 0 radical (unpaired) electrons. The molecule has 1 fully saturated rings. The Morgan fingerprint density at radius 2 is 2.11 bits per heavy atom. The number of aromatic amines is 1. The number of amides is 1. The smallest absolute Gasteiger partial charge is 0.531 e. The number of nitrogens with one attached hydrogen (secondary N) is 2. The summed E-state index contributed by atoms with van der Waals surface area (Å²) in [6, 6.07) is 2.10. The van der Waals surface area contributed by atoms with Crippen molar-refractivity contribution in [1.29, 1.82) is 0 Å². The fourth-order valence-corrected chi connectivity index (χ4v) is 4.14. The van der Waals surface area contributed by atoms with Gasteiger partial charge in [-0.3, -0.25) is 0 Å². The van der Waals surface area contributed by atoms with Crippen molar-refractivity contribution < 1.29 is 19.2 Å². The largest absolute Gasteiger partial charge is 0.552 e. The summed E-state index contributed by atoms with van der Waals surface area (Å²) in [6.45, 7) is 5.58. The second-order valence-electron chi connectivity index (χ2n) is 8.56. The van der Waals surface area contributed by atoms with E-state index in [1.807, 2.05) is 33.0 Å². The van der Waals surface area contributed by atoms with Gasteiger partial charge in [0.15, 0.2) is 0 Å². The molecule has 0 spiro atoms. The summed E-state index contributed by atoms with van der Waals surface area (Å²) < 4.78 is 10.9. The molecule has 1 aliphatic carbocycles. The molecule has 28 heavy (non-hydrogen) atoms. The molecule has 0 aromatic carbocycles. The highest BCUT2D eigenvalue weighted by molar-refractivity contribution is 6.52. The molecule has 2 aromatic heterocycles. The van der Waals surface area contributed by atoms with Gasteiger partial charge in [0.25, 0.3) is 0 Å². The first kappa shape index (κ1) is 18.9. The Morgan fingerprint density at radius 3 is 2.82 bits per heavy atom. The number of alkyl carbamates (subject to hydrolysis) is 1. The van der Waals surface area contributed by atoms with Crippen LogP contribution in [0.5, 0.6) is 5.75 Å². The Hall–Kier alpha value is -2.48. The van der Waals surface area contributed by atoms with E-state index in [1.54, 1.807) is 12.2 Å². The highest BCUT2D eigenvalue weighted by Gasteiger charge is 2.33. The Labute approximate surface area is 164 Å². The first-order valence-electron chi connectivity index (χ1n) is 9.82. The van der Waals surface area contributed by atoms with E-state index in [-0.39, 0.29) is 12.1 Å². The molecule has 2 aromatic rings. The first-order chi connectivity index (χ1) is 13.3. The SMILES string of the molecule is CC(C)(C)OC(=O)N[C@H]1CC[C@H](C2=CB(O)Oc3cnc4[nH]ccc4c32)CC1. The number of rotatable bonds is 2. The number of H-pyrrole nitrogens is 1. The number of allylic oxidation sites excluding steroid dienone is 1. The Kier molecular flexibility index (Phi) is 4.83. The maximum absolute atomic E-state index is 12.0. The number of aromatic nitrogens is 2. The van der Waals surface area contributed by atoms with Crippen molar-refractivity contribution in [2.75, 3.05) is 0 Å². The molecule has 148 valence electrons. The van der Waals surface area contributed by atoms with Gasteiger partial charge in [0.05, 0.1) is 6.20 Å². The molecular weight excluding hydrogens is 357 g/mol. The zero-order chi connectivity index (χ0) is 19.9. The van der Waals surface area contributed by atoms with Crippen LogP contribution < -0.4 is 9.97 Å². The second kappa shape index (κ2) is 7.16. The van der Waals surface area contributed by atoms with Crippen LogP contribution in [0.1, 0.15) is 52.0 Å². The minimum atomic E-state index is -0.960. The summed E-state index contributed by atoms with van der Waals surface area (Å²) in [6.07, 6.45) is 6.76. The number of fused-ring (bicyclic) bond motifs is 3. The molecule has 3 N–H and O–H groups in total. The van der Waals surface area contributed by atoms with E-state index < -0.39 is 12.7 Å². The number of ether oxygens (including phenoxy) is 1. The Bertz CT molecular complexity index is 910. The molecule has 0 unspecified atom stereocenters. The van der Waals surface area contributed by atoms with Crippen LogP contribution in [0.3, 0.4) is 0 Å². The standard InChI is InChI=1S/C20H26BN3O4/c1-20(2,3)27-19(25)24-13-6-4-12(5-7-13)15-10-21(26)28-16-11-23-18-14(17(15)16)8-9-22-18/h8-13,26H,4-7H2,1-3H3,(H,22,23)(H,24,25)/t12-,13-. The normalized spacial score (nSPS) is 22.3. The van der Waals surface area contributed by atoms with Gasteiger partial charge in [0.2, 0.25) is 0 Å². The minimum Gasteiger partial charge on any atom is -0.531 e. The summed E-state index contributed by atoms with van der Waals surface area (Å²) in [5, 5.41) is 14.1. The third kappa shape index (κ3) is 3.87. The lowest BCUT2D eigenvalue weighted by atomic mass is 9.72. The van der Waals surface area contributed by atoms with Crippen molar-refractivity contribution in [2.24, 2.45) is 5.92 Å². The lowest BCUT2D eigenvalue weighted by Crippen LogP contribution is -2.41. The van der Waals surface area contributed by atoms with Gasteiger partial charge in [-0.25, -0.2) is 9.78 Å². The third-order valence-corrected chi connectivity index (χ3v) is 5.30. The van der Waals surface area contributed by atoms with E-state index in [9.17, 15) is 9.82 Å². The van der Waals surface area contributed by atoms with Crippen LogP contribution in [0.2, 0.25) is 0 Å². The first-order valence-corrected chi connectivity index (χ1v) is 9.82. The third-order valence-electron chi connectivity index (χ3n) is 5.30. The summed E-state index contributed by atoms with van der Waals surface area (Å²) in [4.78, 5) is 19.5. The molecule has 1 aliphatic heterocycles. The lowest BCUT2D eigenvalue weighted by molar-refractivity contribution is 0.0490. The van der Waals surface area contributed by atoms with Gasteiger partial charge in [0.1, 0.15) is 17.0 Å². The molecule has 0 bridgehead atoms. The number of pyridine rings is 1. The molecule has 1 amide bonds. The van der Waals surface area contributed by atoms with Crippen molar-refractivity contribution in [3.05, 3.63) is 30.0 Å². The highest BCUT2D eigenvalue weighted by Crippen LogP contribution is 2.43. The zero-order valence-corrected chi connectivity index (χ0v) is 16.5. The van der Waals surface area contributed by atoms with Gasteiger partial charge in [-0.05, 0) is 70.0 Å².